The number of aliphatic hydroxyl groups excluding tert-OH is 2. The van der Waals surface area contributed by atoms with Gasteiger partial charge in [0.05, 0.1) is 24.1 Å². The molecule has 1 aliphatic rings. The van der Waals surface area contributed by atoms with E-state index in [2.05, 4.69) is 23.8 Å². The van der Waals surface area contributed by atoms with E-state index in [-0.39, 0.29) is 11.8 Å². The molecule has 0 radical (unpaired) electrons. The first-order valence-electron chi connectivity index (χ1n) is 7.44. The number of aromatic nitrogens is 2. The van der Waals surface area contributed by atoms with Gasteiger partial charge in [-0.3, -0.25) is 4.98 Å². The molecule has 1 aromatic heterocycles. The van der Waals surface area contributed by atoms with E-state index >= 15 is 0 Å². The van der Waals surface area contributed by atoms with Crippen molar-refractivity contribution in [3.8, 4) is 0 Å². The molecule has 2 rings (SSSR count). The van der Waals surface area contributed by atoms with E-state index < -0.39 is 24.1 Å². The number of alkyl halides is 3. The fourth-order valence-electron chi connectivity index (χ4n) is 2.13. The van der Waals surface area contributed by atoms with Crippen LogP contribution < -0.4 is 0 Å². The molecule has 3 unspecified atom stereocenters. The minimum atomic E-state index is -4.39. The predicted molar refractivity (Wildman–Crippen MR) is 77.6 cm³/mol. The van der Waals surface area contributed by atoms with E-state index in [1.165, 1.54) is 13.1 Å². The summed E-state index contributed by atoms with van der Waals surface area (Å²) in [6.07, 6.45) is -2.51. The highest BCUT2D eigenvalue weighted by molar-refractivity contribution is 5.04. The summed E-state index contributed by atoms with van der Waals surface area (Å²) < 4.78 is 41.0. The minimum absolute atomic E-state index is 0.172. The number of hydrogen-bond donors (Lipinski definition) is 2. The lowest BCUT2D eigenvalue weighted by molar-refractivity contribution is -0.141. The van der Waals surface area contributed by atoms with Crippen molar-refractivity contribution in [1.82, 2.24) is 9.97 Å². The van der Waals surface area contributed by atoms with Gasteiger partial charge in [0.1, 0.15) is 6.10 Å². The Hall–Kier alpha value is -1.25. The van der Waals surface area contributed by atoms with Crippen LogP contribution in [0, 0.1) is 12.8 Å². The number of halogens is 3. The molecule has 2 N–H and O–H groups in total. The van der Waals surface area contributed by atoms with E-state index in [0.717, 1.165) is 6.42 Å². The molecule has 1 fully saturated rings. The lowest BCUT2D eigenvalue weighted by Crippen LogP contribution is -2.44. The molecule has 1 aliphatic heterocycles. The van der Waals surface area contributed by atoms with E-state index in [4.69, 9.17) is 4.74 Å². The summed E-state index contributed by atoms with van der Waals surface area (Å²) >= 11 is 0. The van der Waals surface area contributed by atoms with E-state index in [1.807, 2.05) is 0 Å². The van der Waals surface area contributed by atoms with Crippen LogP contribution in [0.25, 0.3) is 0 Å². The zero-order valence-corrected chi connectivity index (χ0v) is 13.4. The van der Waals surface area contributed by atoms with Crippen LogP contribution >= 0.6 is 0 Å². The van der Waals surface area contributed by atoms with Crippen LogP contribution in [-0.4, -0.2) is 45.1 Å². The van der Waals surface area contributed by atoms with Gasteiger partial charge in [0.15, 0.2) is 5.69 Å². The molecule has 0 amide bonds. The molecule has 5 nitrogen and oxygen atoms in total. The molecule has 132 valence electrons. The summed E-state index contributed by atoms with van der Waals surface area (Å²) in [5.41, 5.74) is -0.683. The Morgan fingerprint density at radius 1 is 1.30 bits per heavy atom. The van der Waals surface area contributed by atoms with Gasteiger partial charge in [-0.1, -0.05) is 13.8 Å². The first-order valence-corrected chi connectivity index (χ1v) is 7.44. The van der Waals surface area contributed by atoms with E-state index in [0.29, 0.717) is 25.1 Å². The standard InChI is InChI=1S/C9H18O3.C6H5F3N2/c1-6(2)5-8-9(11)7(10)3-4-12-8;1-4-2-10-3-5(11-4)6(7,8)9/h6-11H,3-5H2,1-2H3;2-3H,1H3. The van der Waals surface area contributed by atoms with Gasteiger partial charge in [-0.2, -0.15) is 13.2 Å². The molecular formula is C15H23F3N2O3. The number of aliphatic hydroxyl groups is 2. The van der Waals surface area contributed by atoms with Gasteiger partial charge in [-0.05, 0) is 25.7 Å². The van der Waals surface area contributed by atoms with Crippen LogP contribution in [0.2, 0.25) is 0 Å². The second kappa shape index (κ2) is 8.56. The van der Waals surface area contributed by atoms with Crippen molar-refractivity contribution in [3.05, 3.63) is 23.8 Å². The largest absolute Gasteiger partial charge is 0.434 e. The van der Waals surface area contributed by atoms with Crippen molar-refractivity contribution < 1.29 is 28.1 Å². The van der Waals surface area contributed by atoms with Gasteiger partial charge < -0.3 is 14.9 Å². The molecule has 2 heterocycles. The average molecular weight is 336 g/mol. The minimum Gasteiger partial charge on any atom is -0.390 e. The summed E-state index contributed by atoms with van der Waals surface area (Å²) in [4.78, 5) is 6.63. The Labute approximate surface area is 133 Å². The molecular weight excluding hydrogens is 313 g/mol. The summed E-state index contributed by atoms with van der Waals surface area (Å²) in [6, 6.07) is 0. The maximum Gasteiger partial charge on any atom is 0.434 e. The highest BCUT2D eigenvalue weighted by Crippen LogP contribution is 2.26. The first kappa shape index (κ1) is 19.8. The Balaban J connectivity index is 0.000000231. The van der Waals surface area contributed by atoms with Gasteiger partial charge in [-0.15, -0.1) is 0 Å². The Morgan fingerprint density at radius 2 is 1.96 bits per heavy atom. The van der Waals surface area contributed by atoms with Crippen molar-refractivity contribution in [2.75, 3.05) is 6.61 Å². The highest BCUT2D eigenvalue weighted by atomic mass is 19.4. The molecule has 0 aliphatic carbocycles. The number of ether oxygens (including phenoxy) is 1. The maximum atomic E-state index is 11.9. The molecule has 8 heteroatoms. The van der Waals surface area contributed by atoms with Crippen molar-refractivity contribution >= 4 is 0 Å². The average Bonchev–Trinajstić information content (AvgIpc) is 2.43. The van der Waals surface area contributed by atoms with Crippen LogP contribution in [0.1, 0.15) is 38.1 Å². The van der Waals surface area contributed by atoms with Crippen LogP contribution in [0.3, 0.4) is 0 Å². The summed E-state index contributed by atoms with van der Waals surface area (Å²) in [6.45, 7) is 6.19. The molecule has 3 atom stereocenters. The maximum absolute atomic E-state index is 11.9. The number of nitrogens with zero attached hydrogens (tertiary/aromatic N) is 2. The quantitative estimate of drug-likeness (QED) is 0.867. The normalized spacial score (nSPS) is 25.0. The molecule has 0 aromatic carbocycles. The molecule has 0 saturated carbocycles. The zero-order valence-electron chi connectivity index (χ0n) is 13.4. The number of rotatable bonds is 2. The van der Waals surface area contributed by atoms with Crippen molar-refractivity contribution in [2.45, 2.75) is 58.1 Å². The van der Waals surface area contributed by atoms with Gasteiger partial charge in [0, 0.05) is 12.8 Å². The lowest BCUT2D eigenvalue weighted by atomic mass is 9.95. The van der Waals surface area contributed by atoms with Crippen LogP contribution in [0.5, 0.6) is 0 Å². The molecule has 0 spiro atoms. The van der Waals surface area contributed by atoms with Gasteiger partial charge in [-0.25, -0.2) is 4.98 Å². The second-order valence-corrected chi connectivity index (χ2v) is 5.93. The third-order valence-electron chi connectivity index (χ3n) is 3.27. The van der Waals surface area contributed by atoms with E-state index in [9.17, 15) is 23.4 Å². The molecule has 1 aromatic rings. The fraction of sp³-hybridized carbons (Fsp3) is 0.733. The van der Waals surface area contributed by atoms with Crippen LogP contribution in [0.15, 0.2) is 12.4 Å². The zero-order chi connectivity index (χ0) is 17.6. The van der Waals surface area contributed by atoms with Crippen molar-refractivity contribution in [1.29, 1.82) is 0 Å². The van der Waals surface area contributed by atoms with Crippen molar-refractivity contribution in [2.24, 2.45) is 5.92 Å². The van der Waals surface area contributed by atoms with E-state index in [1.54, 1.807) is 0 Å². The van der Waals surface area contributed by atoms with Crippen molar-refractivity contribution in [3.63, 3.8) is 0 Å². The van der Waals surface area contributed by atoms with Crippen LogP contribution in [-0.2, 0) is 10.9 Å². The fourth-order valence-corrected chi connectivity index (χ4v) is 2.13. The summed E-state index contributed by atoms with van der Waals surface area (Å²) in [5.74, 6) is 0.495. The molecule has 1 saturated heterocycles. The predicted octanol–water partition coefficient (Wildman–Crippen LogP) is 2.35. The summed E-state index contributed by atoms with van der Waals surface area (Å²) in [5, 5.41) is 18.8. The Kier molecular flexibility index (Phi) is 7.37. The van der Waals surface area contributed by atoms with Gasteiger partial charge in [0.2, 0.25) is 0 Å². The second-order valence-electron chi connectivity index (χ2n) is 5.93. The summed E-state index contributed by atoms with van der Waals surface area (Å²) in [7, 11) is 0. The smallest absolute Gasteiger partial charge is 0.390 e. The Bertz CT molecular complexity index is 483. The first-order chi connectivity index (χ1) is 10.6. The molecule has 0 bridgehead atoms. The number of hydrogen-bond acceptors (Lipinski definition) is 5. The third-order valence-corrected chi connectivity index (χ3v) is 3.27. The molecule has 23 heavy (non-hydrogen) atoms. The van der Waals surface area contributed by atoms with Crippen LogP contribution in [0.4, 0.5) is 13.2 Å². The monoisotopic (exact) mass is 336 g/mol. The SMILES string of the molecule is CC(C)CC1OCCC(O)C1O.Cc1cncc(C(F)(F)F)n1. The van der Waals surface area contributed by atoms with Gasteiger partial charge in [0.25, 0.3) is 0 Å². The van der Waals surface area contributed by atoms with Gasteiger partial charge >= 0.3 is 6.18 Å². The highest BCUT2D eigenvalue weighted by Gasteiger charge is 2.33. The Morgan fingerprint density at radius 3 is 2.43 bits per heavy atom. The number of aryl methyl sites for hydroxylation is 1. The third kappa shape index (κ3) is 6.80. The topological polar surface area (TPSA) is 75.5 Å². The lowest BCUT2D eigenvalue weighted by Gasteiger charge is -2.32.